The number of hydrogen-bond acceptors (Lipinski definition) is 3. The lowest BCUT2D eigenvalue weighted by Crippen LogP contribution is -2.46. The van der Waals surface area contributed by atoms with Gasteiger partial charge in [0.05, 0.1) is 0 Å². The highest BCUT2D eigenvalue weighted by atomic mass is 16.5. The van der Waals surface area contributed by atoms with Gasteiger partial charge in [0.1, 0.15) is 22.8 Å². The molecule has 0 radical (unpaired) electrons. The first-order chi connectivity index (χ1) is 8.88. The third-order valence-electron chi connectivity index (χ3n) is 4.85. The second-order valence-corrected chi connectivity index (χ2v) is 6.71. The molecule has 1 aliphatic heterocycles. The number of rotatable bonds is 0. The number of phenolic OH excluding ortho intramolecular Hbond substituents is 2. The Morgan fingerprint density at radius 1 is 1.21 bits per heavy atom. The first-order valence-corrected chi connectivity index (χ1v) is 7.13. The van der Waals surface area contributed by atoms with E-state index < -0.39 is 0 Å². The Balaban J connectivity index is 2.13. The molecule has 1 aliphatic carbocycles. The van der Waals surface area contributed by atoms with Crippen molar-refractivity contribution < 1.29 is 14.9 Å². The first kappa shape index (κ1) is 12.6. The molecule has 19 heavy (non-hydrogen) atoms. The minimum Gasteiger partial charge on any atom is -0.508 e. The van der Waals surface area contributed by atoms with Crippen molar-refractivity contribution in [3.63, 3.8) is 0 Å². The van der Waals surface area contributed by atoms with Crippen LogP contribution in [0, 0.1) is 11.8 Å². The van der Waals surface area contributed by atoms with Gasteiger partial charge < -0.3 is 14.9 Å². The fraction of sp³-hybridized carbons (Fsp3) is 0.625. The summed E-state index contributed by atoms with van der Waals surface area (Å²) in [5, 5.41) is 19.8. The molecule has 3 rings (SSSR count). The van der Waals surface area contributed by atoms with Crippen molar-refractivity contribution in [3.8, 4) is 17.2 Å². The Morgan fingerprint density at radius 3 is 2.68 bits per heavy atom. The summed E-state index contributed by atoms with van der Waals surface area (Å²) in [6.45, 7) is 6.51. The zero-order valence-electron chi connectivity index (χ0n) is 11.8. The highest BCUT2D eigenvalue weighted by molar-refractivity contribution is 5.53. The molecule has 2 aliphatic rings. The second-order valence-electron chi connectivity index (χ2n) is 6.71. The van der Waals surface area contributed by atoms with Gasteiger partial charge >= 0.3 is 0 Å². The molecule has 3 heteroatoms. The lowest BCUT2D eigenvalue weighted by atomic mass is 9.64. The van der Waals surface area contributed by atoms with Crippen LogP contribution in [0.3, 0.4) is 0 Å². The van der Waals surface area contributed by atoms with Gasteiger partial charge in [-0.25, -0.2) is 0 Å². The van der Waals surface area contributed by atoms with Gasteiger partial charge in [-0.3, -0.25) is 0 Å². The minimum absolute atomic E-state index is 0.0642. The molecule has 0 spiro atoms. The molecule has 1 saturated carbocycles. The summed E-state index contributed by atoms with van der Waals surface area (Å²) < 4.78 is 6.07. The van der Waals surface area contributed by atoms with Crippen molar-refractivity contribution in [3.05, 3.63) is 17.7 Å². The van der Waals surface area contributed by atoms with Gasteiger partial charge in [0, 0.05) is 23.6 Å². The van der Waals surface area contributed by atoms with Gasteiger partial charge in [0.2, 0.25) is 0 Å². The Bertz CT molecular complexity index is 507. The zero-order chi connectivity index (χ0) is 13.8. The molecule has 1 aromatic rings. The van der Waals surface area contributed by atoms with Gasteiger partial charge in [-0.1, -0.05) is 13.3 Å². The van der Waals surface area contributed by atoms with E-state index in [1.165, 1.54) is 12.5 Å². The van der Waals surface area contributed by atoms with Crippen LogP contribution in [-0.4, -0.2) is 15.8 Å². The van der Waals surface area contributed by atoms with Crippen LogP contribution >= 0.6 is 0 Å². The predicted molar refractivity (Wildman–Crippen MR) is 73.7 cm³/mol. The van der Waals surface area contributed by atoms with Gasteiger partial charge in [-0.05, 0) is 38.5 Å². The molecule has 2 N–H and O–H groups in total. The third-order valence-corrected chi connectivity index (χ3v) is 4.85. The van der Waals surface area contributed by atoms with E-state index in [0.717, 1.165) is 18.4 Å². The maximum atomic E-state index is 10.2. The summed E-state index contributed by atoms with van der Waals surface area (Å²) in [6.07, 6.45) is 3.45. The molecule has 0 saturated heterocycles. The summed E-state index contributed by atoms with van der Waals surface area (Å²) in [4.78, 5) is 0. The Labute approximate surface area is 114 Å². The molecule has 3 atom stereocenters. The van der Waals surface area contributed by atoms with Crippen molar-refractivity contribution in [2.45, 2.75) is 51.6 Å². The van der Waals surface area contributed by atoms with Crippen molar-refractivity contribution >= 4 is 0 Å². The number of phenols is 2. The Morgan fingerprint density at radius 2 is 1.95 bits per heavy atom. The molecule has 3 nitrogen and oxygen atoms in total. The van der Waals surface area contributed by atoms with Crippen molar-refractivity contribution in [1.82, 2.24) is 0 Å². The van der Waals surface area contributed by atoms with E-state index in [0.29, 0.717) is 23.5 Å². The molecular weight excluding hydrogens is 240 g/mol. The smallest absolute Gasteiger partial charge is 0.131 e. The topological polar surface area (TPSA) is 49.7 Å². The van der Waals surface area contributed by atoms with Crippen molar-refractivity contribution in [2.75, 3.05) is 0 Å². The van der Waals surface area contributed by atoms with E-state index in [4.69, 9.17) is 4.74 Å². The van der Waals surface area contributed by atoms with Crippen molar-refractivity contribution in [2.24, 2.45) is 11.8 Å². The van der Waals surface area contributed by atoms with Gasteiger partial charge in [-0.2, -0.15) is 0 Å². The van der Waals surface area contributed by atoms with Crippen LogP contribution in [0.1, 0.15) is 51.5 Å². The highest BCUT2D eigenvalue weighted by Crippen LogP contribution is 2.55. The monoisotopic (exact) mass is 262 g/mol. The normalized spacial score (nSPS) is 32.1. The average molecular weight is 262 g/mol. The summed E-state index contributed by atoms with van der Waals surface area (Å²) in [5.41, 5.74) is 0.659. The maximum absolute atomic E-state index is 10.2. The standard InChI is InChI=1S/C16H22O3/c1-9-4-5-12-11(6-9)15-13(18)7-10(17)8-14(15)19-16(12,2)3/h7-9,11-12,17-18H,4-6H2,1-3H3/t9-,11?,12+/m0/s1. The number of benzene rings is 1. The lowest BCUT2D eigenvalue weighted by molar-refractivity contribution is -0.0146. The summed E-state index contributed by atoms with van der Waals surface area (Å²) in [5.74, 6) is 2.34. The van der Waals surface area contributed by atoms with E-state index in [9.17, 15) is 10.2 Å². The van der Waals surface area contributed by atoms with E-state index in [2.05, 4.69) is 20.8 Å². The average Bonchev–Trinajstić information content (AvgIpc) is 2.25. The van der Waals surface area contributed by atoms with E-state index in [-0.39, 0.29) is 17.1 Å². The number of aromatic hydroxyl groups is 2. The van der Waals surface area contributed by atoms with E-state index in [1.807, 2.05) is 0 Å². The van der Waals surface area contributed by atoms with Crippen LogP contribution in [0.15, 0.2) is 12.1 Å². The third kappa shape index (κ3) is 1.96. The molecule has 1 fully saturated rings. The van der Waals surface area contributed by atoms with E-state index >= 15 is 0 Å². The fourth-order valence-corrected chi connectivity index (χ4v) is 3.95. The van der Waals surface area contributed by atoms with E-state index in [1.54, 1.807) is 6.07 Å². The molecule has 0 aromatic heterocycles. The summed E-state index contributed by atoms with van der Waals surface area (Å²) in [6, 6.07) is 3.06. The number of hydrogen-bond donors (Lipinski definition) is 2. The largest absolute Gasteiger partial charge is 0.508 e. The highest BCUT2D eigenvalue weighted by Gasteiger charge is 2.47. The molecular formula is C16H22O3. The molecule has 1 aromatic carbocycles. The maximum Gasteiger partial charge on any atom is 0.131 e. The minimum atomic E-state index is -0.238. The first-order valence-electron chi connectivity index (χ1n) is 7.13. The van der Waals surface area contributed by atoms with Gasteiger partial charge in [-0.15, -0.1) is 0 Å². The number of fused-ring (bicyclic) bond motifs is 3. The lowest BCUT2D eigenvalue weighted by Gasteiger charge is -2.48. The van der Waals surface area contributed by atoms with Crippen LogP contribution in [0.5, 0.6) is 17.2 Å². The molecule has 1 unspecified atom stereocenters. The van der Waals surface area contributed by atoms with Gasteiger partial charge in [0.25, 0.3) is 0 Å². The molecule has 1 heterocycles. The quantitative estimate of drug-likeness (QED) is 0.748. The Kier molecular flexibility index (Phi) is 2.70. The fourth-order valence-electron chi connectivity index (χ4n) is 3.95. The summed E-state index contributed by atoms with van der Waals surface area (Å²) >= 11 is 0. The van der Waals surface area contributed by atoms with Crippen LogP contribution in [0.25, 0.3) is 0 Å². The van der Waals surface area contributed by atoms with Crippen LogP contribution in [-0.2, 0) is 0 Å². The summed E-state index contributed by atoms with van der Waals surface area (Å²) in [7, 11) is 0. The van der Waals surface area contributed by atoms with Crippen LogP contribution in [0.2, 0.25) is 0 Å². The predicted octanol–water partition coefficient (Wildman–Crippen LogP) is 3.79. The number of ether oxygens (including phenoxy) is 1. The van der Waals surface area contributed by atoms with Crippen LogP contribution in [0.4, 0.5) is 0 Å². The van der Waals surface area contributed by atoms with Crippen LogP contribution < -0.4 is 4.74 Å². The molecule has 0 amide bonds. The van der Waals surface area contributed by atoms with Gasteiger partial charge in [0.15, 0.2) is 0 Å². The van der Waals surface area contributed by atoms with Crippen molar-refractivity contribution in [1.29, 1.82) is 0 Å². The second kappa shape index (κ2) is 4.06. The molecule has 104 valence electrons. The SMILES string of the molecule is C[C@H]1CC[C@@H]2C(C1)c1c(O)cc(O)cc1OC2(C)C. The zero-order valence-corrected chi connectivity index (χ0v) is 11.8. The Hall–Kier alpha value is -1.38. The molecule has 0 bridgehead atoms.